The van der Waals surface area contributed by atoms with Crippen LogP contribution in [0.25, 0.3) is 0 Å². The predicted octanol–water partition coefficient (Wildman–Crippen LogP) is 3.03. The molecule has 162 valence electrons. The molecule has 0 saturated heterocycles. The number of para-hydroxylation sites is 1. The van der Waals surface area contributed by atoms with Gasteiger partial charge in [-0.1, -0.05) is 24.3 Å². The van der Waals surface area contributed by atoms with Gasteiger partial charge in [-0.25, -0.2) is 4.79 Å². The summed E-state index contributed by atoms with van der Waals surface area (Å²) in [6.07, 6.45) is 1.99. The van der Waals surface area contributed by atoms with E-state index in [0.29, 0.717) is 42.7 Å². The molecule has 0 unspecified atom stereocenters. The van der Waals surface area contributed by atoms with Crippen molar-refractivity contribution in [3.05, 3.63) is 54.6 Å². The number of carbonyl (C=O) groups is 4. The van der Waals surface area contributed by atoms with E-state index < -0.39 is 29.7 Å². The average molecular weight is 424 g/mol. The van der Waals surface area contributed by atoms with Crippen molar-refractivity contribution >= 4 is 40.9 Å². The highest BCUT2D eigenvalue weighted by Crippen LogP contribution is 2.24. The first-order valence-electron chi connectivity index (χ1n) is 9.98. The predicted molar refractivity (Wildman–Crippen MR) is 116 cm³/mol. The van der Waals surface area contributed by atoms with Gasteiger partial charge in [-0.05, 0) is 56.0 Å². The number of aliphatic carboxylic acids is 1. The highest BCUT2D eigenvalue weighted by atomic mass is 16.4. The first-order valence-corrected chi connectivity index (χ1v) is 9.98. The fourth-order valence-corrected chi connectivity index (χ4v) is 3.41. The van der Waals surface area contributed by atoms with Gasteiger partial charge in [0.25, 0.3) is 0 Å². The SMILES string of the molecule is O=C(Nc1ccccc1)Nc1cccc(NC(=O)C(=O)NC2CCC(C(=O)O)CC2)c1. The van der Waals surface area contributed by atoms with Crippen LogP contribution < -0.4 is 21.3 Å². The zero-order valence-corrected chi connectivity index (χ0v) is 16.8. The molecule has 31 heavy (non-hydrogen) atoms. The second-order valence-corrected chi connectivity index (χ2v) is 7.34. The normalized spacial score (nSPS) is 17.8. The third kappa shape index (κ3) is 6.56. The van der Waals surface area contributed by atoms with Gasteiger partial charge < -0.3 is 26.4 Å². The topological polar surface area (TPSA) is 137 Å². The molecule has 5 N–H and O–H groups in total. The minimum absolute atomic E-state index is 0.219. The quantitative estimate of drug-likeness (QED) is 0.470. The number of hydrogen-bond donors (Lipinski definition) is 5. The Kier molecular flexibility index (Phi) is 7.21. The summed E-state index contributed by atoms with van der Waals surface area (Å²) >= 11 is 0. The van der Waals surface area contributed by atoms with E-state index in [1.54, 1.807) is 42.5 Å². The Hall–Kier alpha value is -3.88. The van der Waals surface area contributed by atoms with Gasteiger partial charge in [0, 0.05) is 23.1 Å². The van der Waals surface area contributed by atoms with Crippen LogP contribution in [-0.4, -0.2) is 35.0 Å². The van der Waals surface area contributed by atoms with E-state index in [2.05, 4.69) is 21.3 Å². The van der Waals surface area contributed by atoms with Crippen LogP contribution in [0.5, 0.6) is 0 Å². The minimum Gasteiger partial charge on any atom is -0.481 e. The van der Waals surface area contributed by atoms with Crippen LogP contribution in [0.4, 0.5) is 21.9 Å². The fourth-order valence-electron chi connectivity index (χ4n) is 3.41. The van der Waals surface area contributed by atoms with E-state index in [-0.39, 0.29) is 6.04 Å². The van der Waals surface area contributed by atoms with Gasteiger partial charge in [0.1, 0.15) is 0 Å². The van der Waals surface area contributed by atoms with E-state index in [1.807, 2.05) is 6.07 Å². The maximum atomic E-state index is 12.2. The second kappa shape index (κ2) is 10.2. The molecular formula is C22H24N4O5. The van der Waals surface area contributed by atoms with E-state index in [9.17, 15) is 19.2 Å². The van der Waals surface area contributed by atoms with E-state index in [1.165, 1.54) is 6.07 Å². The standard InChI is InChI=1S/C22H24N4O5/c27-19(23-16-11-9-14(10-12-16)21(29)30)20(28)24-17-7-4-8-18(13-17)26-22(31)25-15-5-2-1-3-6-15/h1-8,13-14,16H,9-12H2,(H,23,27)(H,24,28)(H,29,30)(H2,25,26,31). The molecule has 1 aliphatic rings. The van der Waals surface area contributed by atoms with Gasteiger partial charge in [0.05, 0.1) is 5.92 Å². The van der Waals surface area contributed by atoms with Crippen molar-refractivity contribution in [3.8, 4) is 0 Å². The molecule has 0 radical (unpaired) electrons. The number of anilines is 3. The van der Waals surface area contributed by atoms with E-state index in [0.717, 1.165) is 0 Å². The maximum absolute atomic E-state index is 12.2. The number of carboxylic acids is 1. The third-order valence-corrected chi connectivity index (χ3v) is 5.03. The van der Waals surface area contributed by atoms with Gasteiger partial charge in [0.2, 0.25) is 0 Å². The lowest BCUT2D eigenvalue weighted by Gasteiger charge is -2.26. The molecule has 2 aromatic rings. The molecular weight excluding hydrogens is 400 g/mol. The van der Waals surface area contributed by atoms with Crippen LogP contribution >= 0.6 is 0 Å². The van der Waals surface area contributed by atoms with Crippen LogP contribution in [0.2, 0.25) is 0 Å². The number of rotatable bonds is 5. The number of benzene rings is 2. The zero-order chi connectivity index (χ0) is 22.2. The number of carboxylic acid groups (broad SMARTS) is 1. The molecule has 9 nitrogen and oxygen atoms in total. The fraction of sp³-hybridized carbons (Fsp3) is 0.273. The lowest BCUT2D eigenvalue weighted by Crippen LogP contribution is -2.43. The van der Waals surface area contributed by atoms with Gasteiger partial charge in [-0.2, -0.15) is 0 Å². The maximum Gasteiger partial charge on any atom is 0.323 e. The number of hydrogen-bond acceptors (Lipinski definition) is 4. The summed E-state index contributed by atoms with van der Waals surface area (Å²) in [5.41, 5.74) is 1.43. The first-order chi connectivity index (χ1) is 14.9. The van der Waals surface area contributed by atoms with Crippen LogP contribution in [0.15, 0.2) is 54.6 Å². The third-order valence-electron chi connectivity index (χ3n) is 5.03. The molecule has 0 heterocycles. The summed E-state index contributed by atoms with van der Waals surface area (Å²) in [7, 11) is 0. The van der Waals surface area contributed by atoms with Crippen LogP contribution in [-0.2, 0) is 14.4 Å². The van der Waals surface area contributed by atoms with Crippen molar-refractivity contribution in [2.24, 2.45) is 5.92 Å². The van der Waals surface area contributed by atoms with Crippen molar-refractivity contribution in [2.75, 3.05) is 16.0 Å². The summed E-state index contributed by atoms with van der Waals surface area (Å²) < 4.78 is 0. The summed E-state index contributed by atoms with van der Waals surface area (Å²) in [6, 6.07) is 14.7. The van der Waals surface area contributed by atoms with Crippen LogP contribution in [0.3, 0.4) is 0 Å². The van der Waals surface area contributed by atoms with E-state index in [4.69, 9.17) is 5.11 Å². The summed E-state index contributed by atoms with van der Waals surface area (Å²) in [5.74, 6) is -2.82. The Balaban J connectivity index is 1.49. The monoisotopic (exact) mass is 424 g/mol. The molecule has 2 aromatic carbocycles. The Morgan fingerprint density at radius 1 is 0.710 bits per heavy atom. The number of amides is 4. The highest BCUT2D eigenvalue weighted by Gasteiger charge is 2.28. The van der Waals surface area contributed by atoms with Crippen molar-refractivity contribution in [1.29, 1.82) is 0 Å². The largest absolute Gasteiger partial charge is 0.481 e. The summed E-state index contributed by atoms with van der Waals surface area (Å²) in [6.45, 7) is 0. The Labute approximate surface area is 179 Å². The molecule has 1 fully saturated rings. The number of carbonyl (C=O) groups excluding carboxylic acids is 3. The van der Waals surface area contributed by atoms with Crippen molar-refractivity contribution < 1.29 is 24.3 Å². The molecule has 0 atom stereocenters. The molecule has 1 aliphatic carbocycles. The molecule has 4 amide bonds. The van der Waals surface area contributed by atoms with Crippen LogP contribution in [0.1, 0.15) is 25.7 Å². The highest BCUT2D eigenvalue weighted by molar-refractivity contribution is 6.39. The Morgan fingerprint density at radius 2 is 1.29 bits per heavy atom. The minimum atomic E-state index is -0.828. The Morgan fingerprint density at radius 3 is 1.94 bits per heavy atom. The van der Waals surface area contributed by atoms with Gasteiger partial charge in [-0.15, -0.1) is 0 Å². The molecule has 0 aromatic heterocycles. The number of urea groups is 1. The first kappa shape index (κ1) is 21.8. The molecule has 0 spiro atoms. The lowest BCUT2D eigenvalue weighted by atomic mass is 9.86. The van der Waals surface area contributed by atoms with Crippen LogP contribution in [0, 0.1) is 5.92 Å². The second-order valence-electron chi connectivity index (χ2n) is 7.34. The number of nitrogens with one attached hydrogen (secondary N) is 4. The molecule has 3 rings (SSSR count). The molecule has 0 aliphatic heterocycles. The van der Waals surface area contributed by atoms with E-state index >= 15 is 0 Å². The average Bonchev–Trinajstić information content (AvgIpc) is 2.75. The van der Waals surface area contributed by atoms with Gasteiger partial charge >= 0.3 is 23.8 Å². The smallest absolute Gasteiger partial charge is 0.323 e. The summed E-state index contributed by atoms with van der Waals surface area (Å²) in [4.78, 5) is 47.5. The van der Waals surface area contributed by atoms with Gasteiger partial charge in [-0.3, -0.25) is 14.4 Å². The zero-order valence-electron chi connectivity index (χ0n) is 16.8. The summed E-state index contributed by atoms with van der Waals surface area (Å²) in [5, 5.41) is 19.5. The Bertz CT molecular complexity index is 955. The van der Waals surface area contributed by atoms with Gasteiger partial charge in [0.15, 0.2) is 0 Å². The van der Waals surface area contributed by atoms with Crippen molar-refractivity contribution in [1.82, 2.24) is 5.32 Å². The van der Waals surface area contributed by atoms with Crippen molar-refractivity contribution in [2.45, 2.75) is 31.7 Å². The molecule has 1 saturated carbocycles. The molecule has 0 bridgehead atoms. The van der Waals surface area contributed by atoms with Crippen molar-refractivity contribution in [3.63, 3.8) is 0 Å². The molecule has 9 heteroatoms. The lowest BCUT2D eigenvalue weighted by molar-refractivity contribution is -0.143.